The predicted octanol–water partition coefficient (Wildman–Crippen LogP) is 5.52. The first-order valence-electron chi connectivity index (χ1n) is 10.5. The third-order valence-electron chi connectivity index (χ3n) is 6.27. The van der Waals surface area contributed by atoms with E-state index in [0.717, 1.165) is 16.9 Å². The largest absolute Gasteiger partial charge is 0.485 e. The molecule has 31 heavy (non-hydrogen) atoms. The van der Waals surface area contributed by atoms with Crippen LogP contribution < -0.4 is 10.1 Å². The van der Waals surface area contributed by atoms with Crippen LogP contribution in [0.1, 0.15) is 57.4 Å². The molecular weight excluding hydrogens is 422 g/mol. The molecule has 2 aromatic rings. The molecule has 0 amide bonds. The second-order valence-corrected chi connectivity index (χ2v) is 15.2. The van der Waals surface area contributed by atoms with Gasteiger partial charge in [-0.05, 0) is 62.3 Å². The minimum Gasteiger partial charge on any atom is -0.485 e. The lowest BCUT2D eigenvalue weighted by molar-refractivity contribution is -0.0531. The van der Waals surface area contributed by atoms with Gasteiger partial charge in [0.2, 0.25) is 0 Å². The summed E-state index contributed by atoms with van der Waals surface area (Å²) in [5.74, 6) is 0.741. The average molecular weight is 454 g/mol. The molecular formula is C24H31N3O2SSi. The first-order chi connectivity index (χ1) is 14.4. The molecule has 2 unspecified atom stereocenters. The fraction of sp³-hybridized carbons (Fsp3) is 0.458. The van der Waals surface area contributed by atoms with Crippen molar-refractivity contribution in [2.75, 3.05) is 0 Å². The predicted molar refractivity (Wildman–Crippen MR) is 130 cm³/mol. The maximum atomic E-state index is 9.48. The van der Waals surface area contributed by atoms with Gasteiger partial charge >= 0.3 is 0 Å². The van der Waals surface area contributed by atoms with Gasteiger partial charge in [-0.2, -0.15) is 5.26 Å². The smallest absolute Gasteiger partial charge is 0.192 e. The third-order valence-corrected chi connectivity index (χ3v) is 11.1. The van der Waals surface area contributed by atoms with Crippen LogP contribution in [0.2, 0.25) is 18.1 Å². The fourth-order valence-corrected chi connectivity index (χ4v) is 5.10. The Morgan fingerprint density at radius 3 is 2.58 bits per heavy atom. The molecule has 1 aromatic heterocycles. The van der Waals surface area contributed by atoms with Crippen LogP contribution >= 0.6 is 12.2 Å². The minimum absolute atomic E-state index is 0.0340. The van der Waals surface area contributed by atoms with Crippen LogP contribution in [0.3, 0.4) is 0 Å². The van der Waals surface area contributed by atoms with Crippen LogP contribution in [0.15, 0.2) is 42.7 Å². The van der Waals surface area contributed by atoms with Crippen molar-refractivity contribution in [3.05, 3.63) is 59.4 Å². The van der Waals surface area contributed by atoms with E-state index in [0.29, 0.717) is 10.6 Å². The van der Waals surface area contributed by atoms with E-state index in [1.165, 1.54) is 0 Å². The molecule has 0 saturated carbocycles. The van der Waals surface area contributed by atoms with Gasteiger partial charge in [0.1, 0.15) is 22.4 Å². The Kier molecular flexibility index (Phi) is 6.29. The molecule has 0 fully saturated rings. The van der Waals surface area contributed by atoms with Crippen LogP contribution in [-0.4, -0.2) is 30.0 Å². The maximum absolute atomic E-state index is 9.48. The first kappa shape index (κ1) is 23.4. The van der Waals surface area contributed by atoms with Gasteiger partial charge in [0, 0.05) is 23.5 Å². The van der Waals surface area contributed by atoms with Gasteiger partial charge in [-0.15, -0.1) is 0 Å². The molecule has 2 atom stereocenters. The number of rotatable bonds is 4. The van der Waals surface area contributed by atoms with Crippen molar-refractivity contribution < 1.29 is 9.16 Å². The lowest BCUT2D eigenvalue weighted by atomic mass is 9.86. The molecule has 7 heteroatoms. The van der Waals surface area contributed by atoms with Crippen molar-refractivity contribution in [3.63, 3.8) is 0 Å². The Hall–Kier alpha value is -2.27. The van der Waals surface area contributed by atoms with E-state index in [9.17, 15) is 5.26 Å². The summed E-state index contributed by atoms with van der Waals surface area (Å²) in [6.45, 7) is 15.2. The molecule has 3 rings (SSSR count). The number of thiocarbonyl (C=S) groups is 1. The standard InChI is InChI=1S/C24H31N3O2SSi/c1-23(2,3)31(6,7)29-21-20(27-22(30)17-9-8-12-26-15-17)18-13-16(14-25)10-11-19(18)28-24(21,4)5/h8-13,15,20-21H,1-7H3,(H,27,30). The number of hydrogen-bond acceptors (Lipinski definition) is 5. The quantitative estimate of drug-likeness (QED) is 0.485. The van der Waals surface area contributed by atoms with Crippen molar-refractivity contribution >= 4 is 25.5 Å². The van der Waals surface area contributed by atoms with Crippen LogP contribution in [0.4, 0.5) is 0 Å². The van der Waals surface area contributed by atoms with Gasteiger partial charge in [-0.1, -0.05) is 33.0 Å². The van der Waals surface area contributed by atoms with Crippen molar-refractivity contribution in [2.45, 2.75) is 70.5 Å². The lowest BCUT2D eigenvalue weighted by Crippen LogP contribution is -2.59. The van der Waals surface area contributed by atoms with Gasteiger partial charge in [0.05, 0.1) is 17.7 Å². The number of benzene rings is 1. The van der Waals surface area contributed by atoms with Crippen LogP contribution in [0.5, 0.6) is 5.75 Å². The van der Waals surface area contributed by atoms with Crippen molar-refractivity contribution in [1.82, 2.24) is 10.3 Å². The van der Waals surface area contributed by atoms with Crippen LogP contribution in [-0.2, 0) is 4.43 Å². The zero-order valence-electron chi connectivity index (χ0n) is 19.3. The Balaban J connectivity index is 2.09. The van der Waals surface area contributed by atoms with Gasteiger partial charge in [0.25, 0.3) is 0 Å². The highest BCUT2D eigenvalue weighted by Crippen LogP contribution is 2.46. The average Bonchev–Trinajstić information content (AvgIpc) is 2.69. The number of fused-ring (bicyclic) bond motifs is 1. The summed E-state index contributed by atoms with van der Waals surface area (Å²) in [5, 5.41) is 13.0. The summed E-state index contributed by atoms with van der Waals surface area (Å²) in [6.07, 6.45) is 3.17. The van der Waals surface area contributed by atoms with Crippen LogP contribution in [0.25, 0.3) is 0 Å². The van der Waals surface area contributed by atoms with E-state index in [-0.39, 0.29) is 17.2 Å². The lowest BCUT2D eigenvalue weighted by Gasteiger charge is -2.50. The Morgan fingerprint density at radius 1 is 1.29 bits per heavy atom. The number of pyridine rings is 1. The van der Waals surface area contributed by atoms with Gasteiger partial charge in [-0.25, -0.2) is 0 Å². The zero-order valence-corrected chi connectivity index (χ0v) is 21.1. The first-order valence-corrected chi connectivity index (χ1v) is 13.8. The molecule has 0 saturated heterocycles. The van der Waals surface area contributed by atoms with Gasteiger partial charge in [-0.3, -0.25) is 4.98 Å². The molecule has 5 nitrogen and oxygen atoms in total. The van der Waals surface area contributed by atoms with E-state index in [4.69, 9.17) is 21.4 Å². The second kappa shape index (κ2) is 8.34. The number of nitrogens with zero attached hydrogens (tertiary/aromatic N) is 2. The highest BCUT2D eigenvalue weighted by Gasteiger charge is 2.50. The van der Waals surface area contributed by atoms with E-state index in [1.54, 1.807) is 18.5 Å². The fourth-order valence-electron chi connectivity index (χ4n) is 3.44. The van der Waals surface area contributed by atoms with E-state index in [1.807, 2.05) is 38.1 Å². The van der Waals surface area contributed by atoms with E-state index >= 15 is 0 Å². The molecule has 2 heterocycles. The summed E-state index contributed by atoms with van der Waals surface area (Å²) in [4.78, 5) is 4.78. The van der Waals surface area contributed by atoms with Crippen molar-refractivity contribution in [2.24, 2.45) is 0 Å². The second-order valence-electron chi connectivity index (χ2n) is 10.1. The summed E-state index contributed by atoms with van der Waals surface area (Å²) in [7, 11) is -2.14. The summed E-state index contributed by atoms with van der Waals surface area (Å²) >= 11 is 5.73. The number of hydrogen-bond donors (Lipinski definition) is 1. The van der Waals surface area contributed by atoms with E-state index in [2.05, 4.69) is 50.2 Å². The summed E-state index contributed by atoms with van der Waals surface area (Å²) in [5.41, 5.74) is 1.70. The molecule has 0 spiro atoms. The molecule has 0 bridgehead atoms. The summed E-state index contributed by atoms with van der Waals surface area (Å²) < 4.78 is 13.3. The van der Waals surface area contributed by atoms with Crippen molar-refractivity contribution in [1.29, 1.82) is 5.26 Å². The Bertz CT molecular complexity index is 1010. The number of aromatic nitrogens is 1. The molecule has 164 valence electrons. The van der Waals surface area contributed by atoms with Crippen molar-refractivity contribution in [3.8, 4) is 11.8 Å². The highest BCUT2D eigenvalue weighted by molar-refractivity contribution is 7.80. The molecule has 1 N–H and O–H groups in total. The molecule has 0 radical (unpaired) electrons. The molecule has 1 aliphatic rings. The molecule has 1 aromatic carbocycles. The number of nitrogens with one attached hydrogen (secondary N) is 1. The topological polar surface area (TPSA) is 67.2 Å². The number of ether oxygens (including phenoxy) is 1. The zero-order chi connectivity index (χ0) is 23.0. The van der Waals surface area contributed by atoms with E-state index < -0.39 is 13.9 Å². The SMILES string of the molecule is CC1(C)Oc2ccc(C#N)cc2C(NC(=S)c2cccnc2)C1O[Si](C)(C)C(C)(C)C. The normalized spacial score (nSPS) is 20.2. The van der Waals surface area contributed by atoms with Crippen LogP contribution in [0, 0.1) is 11.3 Å². The number of nitriles is 1. The molecule has 0 aliphatic carbocycles. The maximum Gasteiger partial charge on any atom is 0.192 e. The highest BCUT2D eigenvalue weighted by atomic mass is 32.1. The minimum atomic E-state index is -2.14. The molecule has 1 aliphatic heterocycles. The monoisotopic (exact) mass is 453 g/mol. The Labute approximate surface area is 191 Å². The van der Waals surface area contributed by atoms with Gasteiger partial charge in [0.15, 0.2) is 8.32 Å². The third kappa shape index (κ3) is 4.82. The Morgan fingerprint density at radius 2 is 2.00 bits per heavy atom. The summed E-state index contributed by atoms with van der Waals surface area (Å²) in [6, 6.07) is 11.3. The van der Waals surface area contributed by atoms with Gasteiger partial charge < -0.3 is 14.5 Å².